The summed E-state index contributed by atoms with van der Waals surface area (Å²) in [5.41, 5.74) is 21.3. The maximum absolute atomic E-state index is 12.8. The fourth-order valence-corrected chi connectivity index (χ4v) is 3.43. The van der Waals surface area contributed by atoms with Crippen LogP contribution in [0.1, 0.15) is 38.5 Å². The molecular formula is C19H34N8O7. The standard InChI is InChI=1S/C19H34N8O7/c20-10(5-6-14(21)29)17(32)27-8-2-4-13(27)16(31)26-12(9-28)15(30)25-11(18(33)34)3-1-7-24-19(22)23/h10-13,28H,1-9,20H2,(H2,21,29)(H,25,30)(H,26,31)(H,33,34)(H4,22,23,24). The minimum absolute atomic E-state index is 0.0119. The van der Waals surface area contributed by atoms with Crippen LogP contribution in [-0.2, 0) is 24.0 Å². The molecule has 1 heterocycles. The number of aliphatic imine (C=N–C) groups is 1. The number of likely N-dealkylation sites (tertiary alicyclic amines) is 1. The quantitative estimate of drug-likeness (QED) is 0.0664. The molecule has 1 aliphatic rings. The molecule has 4 unspecified atom stereocenters. The lowest BCUT2D eigenvalue weighted by molar-refractivity contribution is -0.143. The summed E-state index contributed by atoms with van der Waals surface area (Å²) in [4.78, 5) is 65.2. The number of guanidine groups is 1. The first-order chi connectivity index (χ1) is 16.0. The van der Waals surface area contributed by atoms with Crippen molar-refractivity contribution in [3.63, 3.8) is 0 Å². The van der Waals surface area contributed by atoms with E-state index in [-0.39, 0.29) is 44.7 Å². The van der Waals surface area contributed by atoms with E-state index in [1.165, 1.54) is 4.90 Å². The molecular weight excluding hydrogens is 452 g/mol. The third-order valence-corrected chi connectivity index (χ3v) is 5.23. The Morgan fingerprint density at radius 2 is 1.74 bits per heavy atom. The second-order valence-electron chi connectivity index (χ2n) is 7.89. The molecule has 0 bridgehead atoms. The van der Waals surface area contributed by atoms with Gasteiger partial charge in [0.1, 0.15) is 18.1 Å². The van der Waals surface area contributed by atoms with Crippen molar-refractivity contribution in [3.8, 4) is 0 Å². The first-order valence-corrected chi connectivity index (χ1v) is 10.8. The highest BCUT2D eigenvalue weighted by Crippen LogP contribution is 2.19. The van der Waals surface area contributed by atoms with Gasteiger partial charge in [-0.1, -0.05) is 0 Å². The predicted octanol–water partition coefficient (Wildman–Crippen LogP) is -4.33. The van der Waals surface area contributed by atoms with Crippen LogP contribution in [0.2, 0.25) is 0 Å². The van der Waals surface area contributed by atoms with E-state index in [0.717, 1.165) is 0 Å². The lowest BCUT2D eigenvalue weighted by atomic mass is 10.1. The van der Waals surface area contributed by atoms with Gasteiger partial charge in [-0.2, -0.15) is 0 Å². The lowest BCUT2D eigenvalue weighted by Gasteiger charge is -2.28. The molecule has 4 amide bonds. The van der Waals surface area contributed by atoms with Gasteiger partial charge in [-0.15, -0.1) is 0 Å². The van der Waals surface area contributed by atoms with Crippen molar-refractivity contribution in [1.29, 1.82) is 0 Å². The SMILES string of the molecule is NC(=O)CCC(N)C(=O)N1CCCC1C(=O)NC(CO)C(=O)NC(CCCN=C(N)N)C(=O)O. The molecule has 0 aromatic carbocycles. The summed E-state index contributed by atoms with van der Waals surface area (Å²) in [6, 6.07) is -4.68. The monoisotopic (exact) mass is 486 g/mol. The highest BCUT2D eigenvalue weighted by Gasteiger charge is 2.37. The topological polar surface area (TPSA) is 270 Å². The number of carbonyl (C=O) groups excluding carboxylic acids is 4. The van der Waals surface area contributed by atoms with Gasteiger partial charge in [0.15, 0.2) is 5.96 Å². The number of aliphatic carboxylic acids is 1. The predicted molar refractivity (Wildman–Crippen MR) is 120 cm³/mol. The average molecular weight is 487 g/mol. The zero-order valence-electron chi connectivity index (χ0n) is 18.8. The number of carbonyl (C=O) groups is 5. The number of nitrogens with two attached hydrogens (primary N) is 4. The van der Waals surface area contributed by atoms with Crippen LogP contribution in [0.5, 0.6) is 0 Å². The maximum atomic E-state index is 12.8. The average Bonchev–Trinajstić information content (AvgIpc) is 3.26. The van der Waals surface area contributed by atoms with Crippen molar-refractivity contribution >= 4 is 35.6 Å². The number of carboxylic acid groups (broad SMARTS) is 1. The Balaban J connectivity index is 2.73. The molecule has 15 nitrogen and oxygen atoms in total. The van der Waals surface area contributed by atoms with E-state index < -0.39 is 60.4 Å². The van der Waals surface area contributed by atoms with Crippen LogP contribution in [0.15, 0.2) is 4.99 Å². The van der Waals surface area contributed by atoms with Gasteiger partial charge in [0.2, 0.25) is 23.6 Å². The van der Waals surface area contributed by atoms with Gasteiger partial charge < -0.3 is 48.7 Å². The van der Waals surface area contributed by atoms with E-state index in [2.05, 4.69) is 15.6 Å². The molecule has 1 rings (SSSR count). The largest absolute Gasteiger partial charge is 0.480 e. The van der Waals surface area contributed by atoms with Gasteiger partial charge in [0.05, 0.1) is 12.6 Å². The summed E-state index contributed by atoms with van der Waals surface area (Å²) in [5.74, 6) is -4.19. The fourth-order valence-electron chi connectivity index (χ4n) is 3.43. The second kappa shape index (κ2) is 13.9. The number of primary amides is 1. The minimum atomic E-state index is -1.44. The van der Waals surface area contributed by atoms with Crippen LogP contribution < -0.4 is 33.6 Å². The number of nitrogens with one attached hydrogen (secondary N) is 2. The molecule has 12 N–H and O–H groups in total. The lowest BCUT2D eigenvalue weighted by Crippen LogP contribution is -2.57. The molecule has 1 aliphatic heterocycles. The number of aliphatic hydroxyl groups excluding tert-OH is 1. The summed E-state index contributed by atoms with van der Waals surface area (Å²) in [5, 5.41) is 23.5. The van der Waals surface area contributed by atoms with Gasteiger partial charge in [-0.25, -0.2) is 4.79 Å². The van der Waals surface area contributed by atoms with Crippen LogP contribution in [-0.4, -0.2) is 94.5 Å². The van der Waals surface area contributed by atoms with E-state index in [4.69, 9.17) is 22.9 Å². The van der Waals surface area contributed by atoms with Gasteiger partial charge in [-0.3, -0.25) is 24.2 Å². The van der Waals surface area contributed by atoms with E-state index >= 15 is 0 Å². The van der Waals surface area contributed by atoms with Gasteiger partial charge in [0.25, 0.3) is 0 Å². The molecule has 34 heavy (non-hydrogen) atoms. The zero-order chi connectivity index (χ0) is 25.8. The number of hydrogen-bond acceptors (Lipinski definition) is 8. The maximum Gasteiger partial charge on any atom is 0.326 e. The Hall–Kier alpha value is -3.46. The summed E-state index contributed by atoms with van der Waals surface area (Å²) < 4.78 is 0. The molecule has 0 spiro atoms. The summed E-state index contributed by atoms with van der Waals surface area (Å²) in [7, 11) is 0. The summed E-state index contributed by atoms with van der Waals surface area (Å²) in [6.07, 6.45) is 1.04. The van der Waals surface area contributed by atoms with Gasteiger partial charge >= 0.3 is 5.97 Å². The third kappa shape index (κ3) is 9.19. The molecule has 1 saturated heterocycles. The first-order valence-electron chi connectivity index (χ1n) is 10.8. The van der Waals surface area contributed by atoms with E-state index in [9.17, 15) is 34.2 Å². The molecule has 192 valence electrons. The Morgan fingerprint density at radius 1 is 1.06 bits per heavy atom. The zero-order valence-corrected chi connectivity index (χ0v) is 18.8. The molecule has 15 heteroatoms. The molecule has 0 saturated carbocycles. The van der Waals surface area contributed by atoms with Crippen molar-refractivity contribution < 1.29 is 34.2 Å². The van der Waals surface area contributed by atoms with Crippen molar-refractivity contribution in [1.82, 2.24) is 15.5 Å². The summed E-state index contributed by atoms with van der Waals surface area (Å²) in [6.45, 7) is -0.375. The van der Waals surface area contributed by atoms with Crippen LogP contribution in [0.3, 0.4) is 0 Å². The Kier molecular flexibility index (Phi) is 11.7. The molecule has 0 radical (unpaired) electrons. The van der Waals surface area contributed by atoms with E-state index in [1.807, 2.05) is 0 Å². The smallest absolute Gasteiger partial charge is 0.326 e. The van der Waals surface area contributed by atoms with Crippen molar-refractivity contribution in [2.24, 2.45) is 27.9 Å². The Morgan fingerprint density at radius 3 is 2.29 bits per heavy atom. The molecule has 0 aromatic rings. The van der Waals surface area contributed by atoms with E-state index in [0.29, 0.717) is 12.8 Å². The van der Waals surface area contributed by atoms with Crippen LogP contribution in [0.4, 0.5) is 0 Å². The number of nitrogens with zero attached hydrogens (tertiary/aromatic N) is 2. The summed E-state index contributed by atoms with van der Waals surface area (Å²) >= 11 is 0. The van der Waals surface area contributed by atoms with Crippen LogP contribution in [0.25, 0.3) is 0 Å². The van der Waals surface area contributed by atoms with Gasteiger partial charge in [0, 0.05) is 19.5 Å². The van der Waals surface area contributed by atoms with Crippen LogP contribution in [0, 0.1) is 0 Å². The Bertz CT molecular complexity index is 787. The Labute approximate surface area is 196 Å². The number of hydrogen-bond donors (Lipinski definition) is 8. The second-order valence-corrected chi connectivity index (χ2v) is 7.89. The third-order valence-electron chi connectivity index (χ3n) is 5.23. The molecule has 0 aliphatic carbocycles. The highest BCUT2D eigenvalue weighted by molar-refractivity contribution is 5.94. The molecule has 1 fully saturated rings. The number of aliphatic hydroxyl groups is 1. The molecule has 0 aromatic heterocycles. The normalized spacial score (nSPS) is 17.8. The van der Waals surface area contributed by atoms with Crippen LogP contribution >= 0.6 is 0 Å². The first kappa shape index (κ1) is 28.6. The van der Waals surface area contributed by atoms with Crippen molar-refractivity contribution in [2.75, 3.05) is 19.7 Å². The number of rotatable bonds is 14. The number of carboxylic acids is 1. The van der Waals surface area contributed by atoms with Crippen molar-refractivity contribution in [3.05, 3.63) is 0 Å². The minimum Gasteiger partial charge on any atom is -0.480 e. The van der Waals surface area contributed by atoms with E-state index in [1.54, 1.807) is 0 Å². The van der Waals surface area contributed by atoms with Gasteiger partial charge in [-0.05, 0) is 32.1 Å². The number of amides is 4. The fraction of sp³-hybridized carbons (Fsp3) is 0.684. The van der Waals surface area contributed by atoms with Crippen molar-refractivity contribution in [2.45, 2.75) is 62.7 Å². The highest BCUT2D eigenvalue weighted by atomic mass is 16.4. The molecule has 4 atom stereocenters.